The van der Waals surface area contributed by atoms with Gasteiger partial charge in [0.1, 0.15) is 11.5 Å². The lowest BCUT2D eigenvalue weighted by Gasteiger charge is -2.15. The Labute approximate surface area is 147 Å². The van der Waals surface area contributed by atoms with E-state index in [-0.39, 0.29) is 24.6 Å². The van der Waals surface area contributed by atoms with Crippen LogP contribution in [0.4, 0.5) is 4.79 Å². The molecule has 1 aliphatic carbocycles. The molecule has 0 heterocycles. The van der Waals surface area contributed by atoms with Crippen LogP contribution in [0.3, 0.4) is 0 Å². The molecule has 1 aliphatic rings. The van der Waals surface area contributed by atoms with E-state index >= 15 is 0 Å². The lowest BCUT2D eigenvalue weighted by atomic mass is 10.1. The van der Waals surface area contributed by atoms with Gasteiger partial charge in [-0.2, -0.15) is 0 Å². The molecule has 0 fully saturated rings. The summed E-state index contributed by atoms with van der Waals surface area (Å²) in [7, 11) is 0. The fraction of sp³-hybridized carbons (Fsp3) is 0.250. The highest BCUT2D eigenvalue weighted by atomic mass is 16.5. The van der Waals surface area contributed by atoms with Crippen molar-refractivity contribution in [1.29, 1.82) is 0 Å². The number of benzene rings is 2. The summed E-state index contributed by atoms with van der Waals surface area (Å²) in [5.41, 5.74) is 0.900. The van der Waals surface area contributed by atoms with Gasteiger partial charge in [0.25, 0.3) is 0 Å². The van der Waals surface area contributed by atoms with Gasteiger partial charge in [0.2, 0.25) is 0 Å². The first-order valence-electron chi connectivity index (χ1n) is 8.39. The highest BCUT2D eigenvalue weighted by Crippen LogP contribution is 2.24. The van der Waals surface area contributed by atoms with Crippen molar-refractivity contribution in [2.45, 2.75) is 19.0 Å². The normalized spacial score (nSPS) is 18.8. The molecule has 0 bridgehead atoms. The van der Waals surface area contributed by atoms with Crippen LogP contribution in [0.15, 0.2) is 66.7 Å². The minimum Gasteiger partial charge on any atom is -0.457 e. The molecule has 2 aromatic carbocycles. The lowest BCUT2D eigenvalue weighted by molar-refractivity contribution is 0.231. The number of ether oxygens (including phenoxy) is 1. The maximum absolute atomic E-state index is 12.1. The van der Waals surface area contributed by atoms with Gasteiger partial charge in [-0.1, -0.05) is 48.6 Å². The van der Waals surface area contributed by atoms with Gasteiger partial charge >= 0.3 is 6.03 Å². The molecule has 130 valence electrons. The first-order valence-corrected chi connectivity index (χ1v) is 8.39. The molecule has 0 saturated heterocycles. The lowest BCUT2D eigenvalue weighted by Crippen LogP contribution is -2.40. The first kappa shape index (κ1) is 17.0. The van der Waals surface area contributed by atoms with Crippen LogP contribution in [0, 0.1) is 5.92 Å². The summed E-state index contributed by atoms with van der Waals surface area (Å²) < 4.78 is 5.89. The molecule has 5 heteroatoms. The Morgan fingerprint density at radius 3 is 2.60 bits per heavy atom. The van der Waals surface area contributed by atoms with E-state index in [0.29, 0.717) is 6.54 Å². The third-order valence-corrected chi connectivity index (χ3v) is 4.11. The number of para-hydroxylation sites is 2. The first-order chi connectivity index (χ1) is 12.2. The Morgan fingerprint density at radius 1 is 1.08 bits per heavy atom. The fourth-order valence-corrected chi connectivity index (χ4v) is 2.78. The molecule has 0 saturated carbocycles. The maximum Gasteiger partial charge on any atom is 0.315 e. The van der Waals surface area contributed by atoms with Gasteiger partial charge in [-0.05, 0) is 24.6 Å². The van der Waals surface area contributed by atoms with Crippen molar-refractivity contribution in [2.24, 2.45) is 5.92 Å². The molecule has 3 rings (SSSR count). The zero-order valence-corrected chi connectivity index (χ0v) is 13.9. The fourth-order valence-electron chi connectivity index (χ4n) is 2.78. The second-order valence-electron chi connectivity index (χ2n) is 6.02. The summed E-state index contributed by atoms with van der Waals surface area (Å²) in [6, 6.07) is 16.9. The summed E-state index contributed by atoms with van der Waals surface area (Å²) in [6.45, 7) is 0.481. The molecule has 2 atom stereocenters. The third-order valence-electron chi connectivity index (χ3n) is 4.11. The highest BCUT2D eigenvalue weighted by molar-refractivity contribution is 5.74. The molecule has 2 amide bonds. The van der Waals surface area contributed by atoms with Crippen LogP contribution in [-0.2, 0) is 6.54 Å². The highest BCUT2D eigenvalue weighted by Gasteiger charge is 2.19. The van der Waals surface area contributed by atoms with Crippen molar-refractivity contribution >= 4 is 6.03 Å². The quantitative estimate of drug-likeness (QED) is 0.708. The third kappa shape index (κ3) is 4.84. The number of carbonyl (C=O) groups is 1. The Bertz CT molecular complexity index is 731. The van der Waals surface area contributed by atoms with Gasteiger partial charge in [-0.3, -0.25) is 0 Å². The number of hydrogen-bond donors (Lipinski definition) is 3. The van der Waals surface area contributed by atoms with Crippen LogP contribution in [-0.4, -0.2) is 23.8 Å². The molecule has 0 aromatic heterocycles. The molecular formula is C20H22N2O3. The second-order valence-corrected chi connectivity index (χ2v) is 6.02. The zero-order valence-electron chi connectivity index (χ0n) is 13.9. The van der Waals surface area contributed by atoms with Crippen LogP contribution < -0.4 is 15.4 Å². The smallest absolute Gasteiger partial charge is 0.315 e. The van der Waals surface area contributed by atoms with Gasteiger partial charge < -0.3 is 20.5 Å². The average molecular weight is 338 g/mol. The minimum atomic E-state index is -0.234. The van der Waals surface area contributed by atoms with Crippen molar-refractivity contribution in [2.75, 3.05) is 6.61 Å². The van der Waals surface area contributed by atoms with E-state index in [0.717, 1.165) is 23.5 Å². The molecule has 2 aromatic rings. The zero-order chi connectivity index (χ0) is 17.5. The molecule has 0 radical (unpaired) electrons. The number of nitrogens with one attached hydrogen (secondary N) is 2. The molecule has 0 spiro atoms. The number of carbonyl (C=O) groups excluding carboxylic acids is 1. The Morgan fingerprint density at radius 2 is 1.84 bits per heavy atom. The molecule has 25 heavy (non-hydrogen) atoms. The van der Waals surface area contributed by atoms with Crippen LogP contribution in [0.2, 0.25) is 0 Å². The SMILES string of the molecule is O=C(NCc1ccccc1Oc1ccccc1)N[C@@H]1C=C[C@H](CO)C1. The van der Waals surface area contributed by atoms with Crippen LogP contribution in [0.1, 0.15) is 12.0 Å². The van der Waals surface area contributed by atoms with Crippen molar-refractivity contribution in [1.82, 2.24) is 10.6 Å². The van der Waals surface area contributed by atoms with Crippen molar-refractivity contribution in [3.63, 3.8) is 0 Å². The number of urea groups is 1. The van der Waals surface area contributed by atoms with E-state index in [4.69, 9.17) is 9.84 Å². The number of amides is 2. The summed E-state index contributed by atoms with van der Waals surface area (Å²) in [5, 5.41) is 14.9. The van der Waals surface area contributed by atoms with Crippen molar-refractivity contribution < 1.29 is 14.6 Å². The standard InChI is InChI=1S/C20H22N2O3/c23-14-15-10-11-17(12-15)22-20(24)21-13-16-6-4-5-9-19(16)25-18-7-2-1-3-8-18/h1-11,15,17,23H,12-14H2,(H2,21,22,24)/t15-,17+/m0/s1. The summed E-state index contributed by atoms with van der Waals surface area (Å²) in [6.07, 6.45) is 4.60. The van der Waals surface area contributed by atoms with E-state index < -0.39 is 0 Å². The van der Waals surface area contributed by atoms with E-state index in [1.807, 2.05) is 66.7 Å². The second kappa shape index (κ2) is 8.35. The van der Waals surface area contributed by atoms with Gasteiger partial charge in [0.05, 0.1) is 0 Å². The van der Waals surface area contributed by atoms with E-state index in [2.05, 4.69) is 10.6 Å². The van der Waals surface area contributed by atoms with Crippen molar-refractivity contribution in [3.05, 3.63) is 72.3 Å². The molecule has 0 unspecified atom stereocenters. The van der Waals surface area contributed by atoms with E-state index in [1.165, 1.54) is 0 Å². The van der Waals surface area contributed by atoms with Gasteiger partial charge in [-0.15, -0.1) is 0 Å². The Kier molecular flexibility index (Phi) is 5.69. The Hall–Kier alpha value is -2.79. The Balaban J connectivity index is 1.54. The average Bonchev–Trinajstić information content (AvgIpc) is 3.09. The summed E-state index contributed by atoms with van der Waals surface area (Å²) in [5.74, 6) is 1.60. The largest absolute Gasteiger partial charge is 0.457 e. The topological polar surface area (TPSA) is 70.6 Å². The maximum atomic E-state index is 12.1. The summed E-state index contributed by atoms with van der Waals surface area (Å²) >= 11 is 0. The minimum absolute atomic E-state index is 0.0343. The van der Waals surface area contributed by atoms with E-state index in [1.54, 1.807) is 0 Å². The summed E-state index contributed by atoms with van der Waals surface area (Å²) in [4.78, 5) is 12.1. The van der Waals surface area contributed by atoms with Crippen LogP contribution >= 0.6 is 0 Å². The monoisotopic (exact) mass is 338 g/mol. The van der Waals surface area contributed by atoms with Gasteiger partial charge in [-0.25, -0.2) is 4.79 Å². The predicted molar refractivity (Wildman–Crippen MR) is 96.5 cm³/mol. The number of hydrogen-bond acceptors (Lipinski definition) is 3. The van der Waals surface area contributed by atoms with Crippen LogP contribution in [0.25, 0.3) is 0 Å². The number of aliphatic hydroxyl groups is 1. The van der Waals surface area contributed by atoms with Crippen molar-refractivity contribution in [3.8, 4) is 11.5 Å². The van der Waals surface area contributed by atoms with Gasteiger partial charge in [0, 0.05) is 30.7 Å². The molecule has 0 aliphatic heterocycles. The van der Waals surface area contributed by atoms with E-state index in [9.17, 15) is 4.79 Å². The number of aliphatic hydroxyl groups excluding tert-OH is 1. The molecule has 3 N–H and O–H groups in total. The predicted octanol–water partition coefficient (Wildman–Crippen LogP) is 3.22. The van der Waals surface area contributed by atoms with Gasteiger partial charge in [0.15, 0.2) is 0 Å². The number of rotatable bonds is 6. The van der Waals surface area contributed by atoms with Crippen LogP contribution in [0.5, 0.6) is 11.5 Å². The molecular weight excluding hydrogens is 316 g/mol. The molecule has 5 nitrogen and oxygen atoms in total.